The predicted molar refractivity (Wildman–Crippen MR) is 116 cm³/mol. The fraction of sp³-hybridized carbons (Fsp3) is 0.261. The molecule has 0 bridgehead atoms. The van der Waals surface area contributed by atoms with Gasteiger partial charge in [-0.1, -0.05) is 60.7 Å². The Balaban J connectivity index is 1.68. The first kappa shape index (κ1) is 21.2. The average Bonchev–Trinajstić information content (AvgIpc) is 3.22. The SMILES string of the molecule is NC(=O)c1ccc(CCN(C[C@@H](O)c2ccccc2)C[C@@H](O)c2ccccc2)s1. The third-order valence-corrected chi connectivity index (χ3v) is 5.97. The zero-order valence-electron chi connectivity index (χ0n) is 16.1. The highest BCUT2D eigenvalue weighted by molar-refractivity contribution is 7.14. The second-order valence-electron chi connectivity index (χ2n) is 6.99. The smallest absolute Gasteiger partial charge is 0.258 e. The van der Waals surface area contributed by atoms with Gasteiger partial charge < -0.3 is 15.9 Å². The van der Waals surface area contributed by atoms with Crippen molar-refractivity contribution in [3.05, 3.63) is 93.7 Å². The zero-order chi connectivity index (χ0) is 20.6. The summed E-state index contributed by atoms with van der Waals surface area (Å²) in [5, 5.41) is 21.3. The Morgan fingerprint density at radius 3 is 1.83 bits per heavy atom. The van der Waals surface area contributed by atoms with Crippen molar-refractivity contribution < 1.29 is 15.0 Å². The van der Waals surface area contributed by atoms with Crippen LogP contribution in [0, 0.1) is 0 Å². The molecule has 5 nitrogen and oxygen atoms in total. The minimum Gasteiger partial charge on any atom is -0.387 e. The monoisotopic (exact) mass is 410 g/mol. The number of nitrogens with two attached hydrogens (primary N) is 1. The molecule has 152 valence electrons. The molecule has 0 radical (unpaired) electrons. The summed E-state index contributed by atoms with van der Waals surface area (Å²) in [4.78, 5) is 15.0. The summed E-state index contributed by atoms with van der Waals surface area (Å²) in [5.41, 5.74) is 7.03. The Kier molecular flexibility index (Phi) is 7.55. The molecule has 0 aliphatic carbocycles. The lowest BCUT2D eigenvalue weighted by atomic mass is 10.1. The van der Waals surface area contributed by atoms with Crippen LogP contribution >= 0.6 is 11.3 Å². The molecule has 29 heavy (non-hydrogen) atoms. The van der Waals surface area contributed by atoms with Crippen molar-refractivity contribution in [2.45, 2.75) is 18.6 Å². The quantitative estimate of drug-likeness (QED) is 0.479. The molecule has 1 aromatic heterocycles. The number of carbonyl (C=O) groups is 1. The van der Waals surface area contributed by atoms with E-state index in [0.29, 0.717) is 30.9 Å². The van der Waals surface area contributed by atoms with Crippen LogP contribution in [-0.2, 0) is 6.42 Å². The van der Waals surface area contributed by atoms with E-state index in [2.05, 4.69) is 4.90 Å². The van der Waals surface area contributed by atoms with Crippen molar-refractivity contribution in [3.8, 4) is 0 Å². The normalized spacial score (nSPS) is 13.3. The van der Waals surface area contributed by atoms with Crippen LogP contribution < -0.4 is 5.73 Å². The summed E-state index contributed by atoms with van der Waals surface area (Å²) in [5.74, 6) is -0.419. The van der Waals surface area contributed by atoms with Crippen molar-refractivity contribution in [2.75, 3.05) is 19.6 Å². The Morgan fingerprint density at radius 1 is 0.862 bits per heavy atom. The van der Waals surface area contributed by atoms with Crippen LogP contribution in [0.5, 0.6) is 0 Å². The van der Waals surface area contributed by atoms with Gasteiger partial charge in [-0.2, -0.15) is 0 Å². The van der Waals surface area contributed by atoms with Crippen LogP contribution in [-0.4, -0.2) is 40.7 Å². The number of rotatable bonds is 10. The van der Waals surface area contributed by atoms with Crippen LogP contribution in [0.1, 0.15) is 37.9 Å². The first-order chi connectivity index (χ1) is 14.0. The lowest BCUT2D eigenvalue weighted by Crippen LogP contribution is -2.34. The summed E-state index contributed by atoms with van der Waals surface area (Å²) >= 11 is 1.39. The van der Waals surface area contributed by atoms with Gasteiger partial charge in [0.1, 0.15) is 0 Å². The topological polar surface area (TPSA) is 86.8 Å². The number of aliphatic hydroxyl groups is 2. The molecule has 3 rings (SSSR count). The molecule has 0 aliphatic heterocycles. The minimum atomic E-state index is -0.649. The maximum Gasteiger partial charge on any atom is 0.258 e. The van der Waals surface area contributed by atoms with Gasteiger partial charge in [0.15, 0.2) is 0 Å². The van der Waals surface area contributed by atoms with E-state index in [4.69, 9.17) is 5.73 Å². The second kappa shape index (κ2) is 10.3. The van der Waals surface area contributed by atoms with E-state index in [1.54, 1.807) is 6.07 Å². The highest BCUT2D eigenvalue weighted by Gasteiger charge is 2.18. The van der Waals surface area contributed by atoms with Gasteiger partial charge in [0.05, 0.1) is 17.1 Å². The van der Waals surface area contributed by atoms with E-state index < -0.39 is 18.1 Å². The molecule has 4 N–H and O–H groups in total. The number of benzene rings is 2. The fourth-order valence-corrected chi connectivity index (χ4v) is 4.07. The first-order valence-corrected chi connectivity index (χ1v) is 10.4. The fourth-order valence-electron chi connectivity index (χ4n) is 3.22. The van der Waals surface area contributed by atoms with Crippen LogP contribution in [0.15, 0.2) is 72.8 Å². The van der Waals surface area contributed by atoms with Crippen LogP contribution in [0.4, 0.5) is 0 Å². The maximum atomic E-state index is 11.3. The third kappa shape index (κ3) is 6.24. The lowest BCUT2D eigenvalue weighted by Gasteiger charge is -2.27. The Labute approximate surface area is 175 Å². The number of primary amides is 1. The van der Waals surface area contributed by atoms with E-state index in [-0.39, 0.29) is 0 Å². The standard InChI is InChI=1S/C23H26N2O3S/c24-23(28)22-12-11-19(29-22)13-14-25(15-20(26)17-7-3-1-4-8-17)16-21(27)18-9-5-2-6-10-18/h1-12,20-21,26-27H,13-16H2,(H2,24,28)/t20-,21-/m1/s1. The number of thiophene rings is 1. The number of carbonyl (C=O) groups excluding carboxylic acids is 1. The van der Waals surface area contributed by atoms with Crippen molar-refractivity contribution in [3.63, 3.8) is 0 Å². The van der Waals surface area contributed by atoms with Crippen molar-refractivity contribution in [2.24, 2.45) is 5.73 Å². The van der Waals surface area contributed by atoms with Crippen molar-refractivity contribution in [1.29, 1.82) is 0 Å². The maximum absolute atomic E-state index is 11.3. The summed E-state index contributed by atoms with van der Waals surface area (Å²) < 4.78 is 0. The van der Waals surface area contributed by atoms with E-state index in [1.165, 1.54) is 11.3 Å². The number of nitrogens with zero attached hydrogens (tertiary/aromatic N) is 1. The van der Waals surface area contributed by atoms with E-state index in [9.17, 15) is 15.0 Å². The van der Waals surface area contributed by atoms with Gasteiger partial charge in [0.25, 0.3) is 5.91 Å². The van der Waals surface area contributed by atoms with Crippen molar-refractivity contribution >= 4 is 17.2 Å². The first-order valence-electron chi connectivity index (χ1n) is 9.60. The molecule has 0 aliphatic rings. The summed E-state index contributed by atoms with van der Waals surface area (Å²) in [7, 11) is 0. The lowest BCUT2D eigenvalue weighted by molar-refractivity contribution is 0.0695. The molecular formula is C23H26N2O3S. The van der Waals surface area contributed by atoms with E-state index in [1.807, 2.05) is 66.7 Å². The highest BCUT2D eigenvalue weighted by Crippen LogP contribution is 2.21. The van der Waals surface area contributed by atoms with Crippen LogP contribution in [0.3, 0.4) is 0 Å². The van der Waals surface area contributed by atoms with Crippen LogP contribution in [0.25, 0.3) is 0 Å². The molecule has 0 spiro atoms. The van der Waals surface area contributed by atoms with Crippen LogP contribution in [0.2, 0.25) is 0 Å². The van der Waals surface area contributed by atoms with E-state index in [0.717, 1.165) is 16.0 Å². The molecular weight excluding hydrogens is 384 g/mol. The molecule has 6 heteroatoms. The molecule has 3 aromatic rings. The summed E-state index contributed by atoms with van der Waals surface area (Å²) in [6.45, 7) is 1.45. The van der Waals surface area contributed by atoms with Gasteiger partial charge in [0.2, 0.25) is 0 Å². The second-order valence-corrected chi connectivity index (χ2v) is 8.16. The molecule has 0 unspecified atom stereocenters. The molecule has 0 saturated carbocycles. The predicted octanol–water partition coefficient (Wildman–Crippen LogP) is 3.16. The molecule has 2 atom stereocenters. The number of hydrogen-bond donors (Lipinski definition) is 3. The minimum absolute atomic E-state index is 0.405. The molecule has 0 fully saturated rings. The van der Waals surface area contributed by atoms with E-state index >= 15 is 0 Å². The summed E-state index contributed by atoms with van der Waals surface area (Å²) in [6.07, 6.45) is -0.589. The zero-order valence-corrected chi connectivity index (χ0v) is 17.0. The molecule has 0 saturated heterocycles. The number of hydrogen-bond acceptors (Lipinski definition) is 5. The number of aliphatic hydroxyl groups excluding tert-OH is 2. The van der Waals surface area contributed by atoms with Crippen molar-refractivity contribution in [1.82, 2.24) is 4.90 Å². The summed E-state index contributed by atoms with van der Waals surface area (Å²) in [6, 6.07) is 22.7. The molecule has 1 heterocycles. The van der Waals surface area contributed by atoms with Gasteiger partial charge in [-0.15, -0.1) is 11.3 Å². The van der Waals surface area contributed by atoms with Gasteiger partial charge >= 0.3 is 0 Å². The molecule has 1 amide bonds. The Morgan fingerprint density at radius 2 is 1.38 bits per heavy atom. The van der Waals surface area contributed by atoms with Gasteiger partial charge in [-0.05, 0) is 29.7 Å². The van der Waals surface area contributed by atoms with Gasteiger partial charge in [-0.25, -0.2) is 0 Å². The Bertz CT molecular complexity index is 851. The largest absolute Gasteiger partial charge is 0.387 e. The number of amides is 1. The third-order valence-electron chi connectivity index (χ3n) is 4.81. The average molecular weight is 411 g/mol. The van der Waals surface area contributed by atoms with Gasteiger partial charge in [0, 0.05) is 24.5 Å². The molecule has 2 aromatic carbocycles. The Hall–Kier alpha value is -2.51. The highest BCUT2D eigenvalue weighted by atomic mass is 32.1. The van der Waals surface area contributed by atoms with Gasteiger partial charge in [-0.3, -0.25) is 9.69 Å².